The molecule has 0 saturated carbocycles. The van der Waals surface area contributed by atoms with E-state index in [2.05, 4.69) is 179 Å². The number of nitrogens with zero attached hydrogens (tertiary/aromatic N) is 2. The molecule has 0 bridgehead atoms. The maximum absolute atomic E-state index is 6.68. The van der Waals surface area contributed by atoms with Crippen molar-refractivity contribution in [2.75, 3.05) is 0 Å². The van der Waals surface area contributed by atoms with Crippen LogP contribution in [-0.4, -0.2) is 9.13 Å². The van der Waals surface area contributed by atoms with Crippen LogP contribution in [0.3, 0.4) is 0 Å². The summed E-state index contributed by atoms with van der Waals surface area (Å²) >= 11 is 0. The van der Waals surface area contributed by atoms with Crippen LogP contribution in [0.15, 0.2) is 158 Å². The normalized spacial score (nSPS) is 15.2. The van der Waals surface area contributed by atoms with Gasteiger partial charge in [0.2, 0.25) is 0 Å². The molecule has 10 aromatic rings. The SMILES string of the molecule is C#CCn1c2c(c3ccccc31)C(c1c3ccccc3cc3ccccc13)c1c(c3ccccc3n1C#C)C2c1c2ccccc2cc2ccccc12. The van der Waals surface area contributed by atoms with Crippen LogP contribution in [0.4, 0.5) is 0 Å². The first-order valence-corrected chi connectivity index (χ1v) is 18.2. The third-order valence-corrected chi connectivity index (χ3v) is 11.7. The number of hydrogen-bond acceptors (Lipinski definition) is 0. The van der Waals surface area contributed by atoms with E-state index in [-0.39, 0.29) is 11.8 Å². The van der Waals surface area contributed by atoms with Gasteiger partial charge in [0.15, 0.2) is 0 Å². The summed E-state index contributed by atoms with van der Waals surface area (Å²) in [6.07, 6.45) is 13.0. The maximum Gasteiger partial charge on any atom is 0.0838 e. The van der Waals surface area contributed by atoms with E-state index in [1.807, 2.05) is 0 Å². The molecule has 2 heteroatoms. The first kappa shape index (κ1) is 29.7. The van der Waals surface area contributed by atoms with Gasteiger partial charge in [0.05, 0.1) is 23.9 Å². The molecule has 0 saturated heterocycles. The Hall–Kier alpha value is -7.00. The highest BCUT2D eigenvalue weighted by Crippen LogP contribution is 2.58. The van der Waals surface area contributed by atoms with Crippen molar-refractivity contribution < 1.29 is 0 Å². The third-order valence-electron chi connectivity index (χ3n) is 11.7. The van der Waals surface area contributed by atoms with Gasteiger partial charge in [-0.25, -0.2) is 0 Å². The number of rotatable bonds is 3. The van der Waals surface area contributed by atoms with E-state index in [1.165, 1.54) is 81.8 Å². The average Bonchev–Trinajstić information content (AvgIpc) is 3.71. The van der Waals surface area contributed by atoms with Crippen molar-refractivity contribution in [2.45, 2.75) is 18.4 Å². The van der Waals surface area contributed by atoms with Crippen molar-refractivity contribution in [1.29, 1.82) is 0 Å². The highest BCUT2D eigenvalue weighted by Gasteiger charge is 2.44. The molecule has 2 nitrogen and oxygen atoms in total. The summed E-state index contributed by atoms with van der Waals surface area (Å²) in [4.78, 5) is 0. The lowest BCUT2D eigenvalue weighted by Gasteiger charge is -2.35. The lowest BCUT2D eigenvalue weighted by molar-refractivity contribution is 0.721. The van der Waals surface area contributed by atoms with Crippen LogP contribution in [0.5, 0.6) is 0 Å². The first-order valence-electron chi connectivity index (χ1n) is 18.2. The van der Waals surface area contributed by atoms with Gasteiger partial charge in [0.1, 0.15) is 0 Å². The van der Waals surface area contributed by atoms with Crippen LogP contribution >= 0.6 is 0 Å². The maximum atomic E-state index is 6.68. The van der Waals surface area contributed by atoms with Crippen LogP contribution < -0.4 is 0 Å². The van der Waals surface area contributed by atoms with E-state index in [0.717, 1.165) is 16.7 Å². The van der Waals surface area contributed by atoms with Crippen molar-refractivity contribution in [3.05, 3.63) is 191 Å². The molecule has 246 valence electrons. The molecule has 0 radical (unpaired) electrons. The zero-order valence-corrected chi connectivity index (χ0v) is 28.9. The lowest BCUT2D eigenvalue weighted by atomic mass is 9.69. The molecule has 2 aromatic heterocycles. The van der Waals surface area contributed by atoms with Crippen molar-refractivity contribution in [3.63, 3.8) is 0 Å². The standard InChI is InChI=1S/C51H32N2/c1-3-29-53-43-28-16-14-26-41(43)47-48(44-36-21-9-5-17-32(36)30-33-18-6-10-22-37(33)44)50-46(40-25-13-15-27-42(40)52(50)4-2)49(51(47)53)45-38-23-11-7-19-34(38)31-35-20-8-12-24-39(35)45/h1-2,5-28,30-31,48-49H,29H2. The average molecular weight is 673 g/mol. The Bertz CT molecular complexity index is 3140. The molecule has 2 heterocycles. The predicted octanol–water partition coefficient (Wildman–Crippen LogP) is 12.0. The second kappa shape index (κ2) is 11.3. The van der Waals surface area contributed by atoms with Crippen molar-refractivity contribution in [1.82, 2.24) is 9.13 Å². The Balaban J connectivity index is 1.43. The quantitative estimate of drug-likeness (QED) is 0.131. The summed E-state index contributed by atoms with van der Waals surface area (Å²) in [5, 5.41) is 12.1. The van der Waals surface area contributed by atoms with Crippen molar-refractivity contribution in [3.8, 4) is 24.8 Å². The number of benzene rings is 8. The number of aromatic nitrogens is 2. The fourth-order valence-electron chi connectivity index (χ4n) is 9.79. The number of fused-ring (bicyclic) bond motifs is 10. The van der Waals surface area contributed by atoms with E-state index >= 15 is 0 Å². The second-order valence-corrected chi connectivity index (χ2v) is 14.2. The smallest absolute Gasteiger partial charge is 0.0838 e. The van der Waals surface area contributed by atoms with Gasteiger partial charge in [0.25, 0.3) is 0 Å². The number of para-hydroxylation sites is 2. The molecule has 1 aliphatic rings. The molecule has 0 fully saturated rings. The largest absolute Gasteiger partial charge is 0.332 e. The van der Waals surface area contributed by atoms with Crippen LogP contribution in [0.25, 0.3) is 64.9 Å². The molecule has 0 aliphatic heterocycles. The molecule has 8 aromatic carbocycles. The Kier molecular flexibility index (Phi) is 6.30. The molecular weight excluding hydrogens is 641 g/mol. The van der Waals surface area contributed by atoms with Gasteiger partial charge in [0, 0.05) is 33.7 Å². The van der Waals surface area contributed by atoms with Gasteiger partial charge in [-0.3, -0.25) is 4.57 Å². The Morgan fingerprint density at radius 2 is 0.792 bits per heavy atom. The third kappa shape index (κ3) is 4.01. The summed E-state index contributed by atoms with van der Waals surface area (Å²) in [5.74, 6) is 2.71. The fraction of sp³-hybridized carbons (Fsp3) is 0.0588. The molecule has 0 spiro atoms. The monoisotopic (exact) mass is 672 g/mol. The van der Waals surface area contributed by atoms with E-state index < -0.39 is 0 Å². The van der Waals surface area contributed by atoms with E-state index in [1.54, 1.807) is 0 Å². The number of hydrogen-bond donors (Lipinski definition) is 0. The van der Waals surface area contributed by atoms with Gasteiger partial charge >= 0.3 is 0 Å². The summed E-state index contributed by atoms with van der Waals surface area (Å²) in [5.41, 5.74) is 9.63. The zero-order valence-electron chi connectivity index (χ0n) is 28.9. The van der Waals surface area contributed by atoms with Crippen molar-refractivity contribution >= 4 is 64.9 Å². The summed E-state index contributed by atoms with van der Waals surface area (Å²) in [6.45, 7) is 0.446. The first-order chi connectivity index (χ1) is 26.3. The molecule has 2 unspecified atom stereocenters. The van der Waals surface area contributed by atoms with Gasteiger partial charge < -0.3 is 4.57 Å². The number of terminal acetylenes is 2. The van der Waals surface area contributed by atoms with Crippen LogP contribution in [-0.2, 0) is 6.54 Å². The van der Waals surface area contributed by atoms with Gasteiger partial charge in [-0.15, -0.1) is 6.42 Å². The minimum Gasteiger partial charge on any atom is -0.332 e. The molecule has 2 atom stereocenters. The molecule has 11 rings (SSSR count). The minimum atomic E-state index is -0.194. The van der Waals surface area contributed by atoms with Gasteiger partial charge in [-0.1, -0.05) is 146 Å². The van der Waals surface area contributed by atoms with Crippen LogP contribution in [0, 0.1) is 24.8 Å². The molecule has 53 heavy (non-hydrogen) atoms. The molecule has 1 aliphatic carbocycles. The highest BCUT2D eigenvalue weighted by molar-refractivity contribution is 6.08. The van der Waals surface area contributed by atoms with Crippen molar-refractivity contribution in [2.24, 2.45) is 0 Å². The minimum absolute atomic E-state index is 0.172. The fourth-order valence-corrected chi connectivity index (χ4v) is 9.79. The molecular formula is C51H32N2. The molecule has 0 amide bonds. The predicted molar refractivity (Wildman–Crippen MR) is 222 cm³/mol. The van der Waals surface area contributed by atoms with Gasteiger partial charge in [-0.2, -0.15) is 0 Å². The summed E-state index contributed by atoms with van der Waals surface area (Å²) in [6, 6.07) is 60.7. The lowest BCUT2D eigenvalue weighted by Crippen LogP contribution is -2.24. The van der Waals surface area contributed by atoms with Crippen LogP contribution in [0.1, 0.15) is 45.5 Å². The van der Waals surface area contributed by atoms with Gasteiger partial charge in [-0.05, 0) is 89.6 Å². The van der Waals surface area contributed by atoms with E-state index in [0.29, 0.717) is 6.54 Å². The second-order valence-electron chi connectivity index (χ2n) is 14.2. The molecule has 0 N–H and O–H groups in total. The Labute approximate surface area is 307 Å². The highest BCUT2D eigenvalue weighted by atomic mass is 15.0. The van der Waals surface area contributed by atoms with Crippen LogP contribution in [0.2, 0.25) is 0 Å². The summed E-state index contributed by atoms with van der Waals surface area (Å²) in [7, 11) is 0. The Morgan fingerprint density at radius 1 is 0.415 bits per heavy atom. The van der Waals surface area contributed by atoms with E-state index in [4.69, 9.17) is 12.8 Å². The van der Waals surface area contributed by atoms with E-state index in [9.17, 15) is 0 Å². The zero-order chi connectivity index (χ0) is 35.2. The topological polar surface area (TPSA) is 9.86 Å². The Morgan fingerprint density at radius 3 is 1.26 bits per heavy atom. The summed E-state index contributed by atoms with van der Waals surface area (Å²) < 4.78 is 4.58.